The minimum absolute atomic E-state index is 0.00377. The Kier molecular flexibility index (Phi) is 8.42. The van der Waals surface area contributed by atoms with Gasteiger partial charge in [0.2, 0.25) is 0 Å². The number of para-hydroxylation sites is 2. The second-order valence-electron chi connectivity index (χ2n) is 9.29. The lowest BCUT2D eigenvalue weighted by Gasteiger charge is -2.29. The number of anilines is 1. The SMILES string of the molecule is O=C(O)C(O)C(O)C(=O)O.O=C1COc2ccc(C(=O)N[C@@H]3CCCC(c4nc5ccccc5[nH]4)C3)cc2N1. The van der Waals surface area contributed by atoms with Crippen LogP contribution in [0.3, 0.4) is 0 Å². The highest BCUT2D eigenvalue weighted by molar-refractivity contribution is 6.00. The molecule has 1 saturated carbocycles. The van der Waals surface area contributed by atoms with Gasteiger partial charge in [-0.3, -0.25) is 9.59 Å². The monoisotopic (exact) mass is 540 g/mol. The van der Waals surface area contributed by atoms with Crippen molar-refractivity contribution in [1.29, 1.82) is 0 Å². The van der Waals surface area contributed by atoms with Gasteiger partial charge in [-0.15, -0.1) is 0 Å². The lowest BCUT2D eigenvalue weighted by molar-refractivity contribution is -0.165. The first kappa shape index (κ1) is 27.5. The highest BCUT2D eigenvalue weighted by Crippen LogP contribution is 2.33. The fourth-order valence-corrected chi connectivity index (χ4v) is 4.50. The van der Waals surface area contributed by atoms with Gasteiger partial charge in [0, 0.05) is 17.5 Å². The van der Waals surface area contributed by atoms with Crippen molar-refractivity contribution in [2.75, 3.05) is 11.9 Å². The van der Waals surface area contributed by atoms with Crippen LogP contribution in [0.1, 0.15) is 47.8 Å². The number of amides is 2. The Labute approximate surface area is 221 Å². The average Bonchev–Trinajstić information content (AvgIpc) is 3.36. The van der Waals surface area contributed by atoms with E-state index in [2.05, 4.69) is 15.6 Å². The van der Waals surface area contributed by atoms with Crippen molar-refractivity contribution in [3.05, 3.63) is 53.9 Å². The number of aromatic nitrogens is 2. The zero-order valence-electron chi connectivity index (χ0n) is 20.7. The maximum absolute atomic E-state index is 12.8. The van der Waals surface area contributed by atoms with Crippen molar-refractivity contribution in [2.45, 2.75) is 49.9 Å². The molecule has 0 saturated heterocycles. The van der Waals surface area contributed by atoms with Gasteiger partial charge in [-0.2, -0.15) is 0 Å². The first-order chi connectivity index (χ1) is 18.6. The van der Waals surface area contributed by atoms with Crippen molar-refractivity contribution in [1.82, 2.24) is 15.3 Å². The number of carbonyl (C=O) groups is 4. The van der Waals surface area contributed by atoms with Crippen molar-refractivity contribution in [2.24, 2.45) is 0 Å². The summed E-state index contributed by atoms with van der Waals surface area (Å²) in [4.78, 5) is 52.0. The first-order valence-electron chi connectivity index (χ1n) is 12.3. The molecule has 3 unspecified atom stereocenters. The molecule has 1 fully saturated rings. The van der Waals surface area contributed by atoms with Gasteiger partial charge >= 0.3 is 11.9 Å². The Morgan fingerprint density at radius 2 is 1.74 bits per heavy atom. The number of aliphatic carboxylic acids is 2. The number of carbonyl (C=O) groups excluding carboxylic acids is 2. The fraction of sp³-hybridized carbons (Fsp3) is 0.346. The summed E-state index contributed by atoms with van der Waals surface area (Å²) in [5, 5.41) is 38.4. The number of rotatable bonds is 6. The van der Waals surface area contributed by atoms with Crippen molar-refractivity contribution in [3.63, 3.8) is 0 Å². The van der Waals surface area contributed by atoms with E-state index in [1.54, 1.807) is 18.2 Å². The summed E-state index contributed by atoms with van der Waals surface area (Å²) in [6.07, 6.45) is -0.617. The van der Waals surface area contributed by atoms with Gasteiger partial charge in [0.1, 0.15) is 11.6 Å². The van der Waals surface area contributed by atoms with E-state index in [9.17, 15) is 19.2 Å². The van der Waals surface area contributed by atoms with Crippen LogP contribution in [0.2, 0.25) is 0 Å². The average molecular weight is 541 g/mol. The fourth-order valence-electron chi connectivity index (χ4n) is 4.50. The summed E-state index contributed by atoms with van der Waals surface area (Å²) in [6.45, 7) is 0.00377. The molecule has 206 valence electrons. The molecule has 0 spiro atoms. The Hall–Kier alpha value is -4.49. The quantitative estimate of drug-likeness (QED) is 0.238. The third-order valence-electron chi connectivity index (χ3n) is 6.48. The van der Waals surface area contributed by atoms with E-state index in [-0.39, 0.29) is 24.5 Å². The van der Waals surface area contributed by atoms with Crippen molar-refractivity contribution in [3.8, 4) is 5.75 Å². The zero-order valence-corrected chi connectivity index (χ0v) is 20.7. The van der Waals surface area contributed by atoms with Gasteiger partial charge in [-0.25, -0.2) is 14.6 Å². The predicted octanol–water partition coefficient (Wildman–Crippen LogP) is 1.23. The molecule has 13 nitrogen and oxygen atoms in total. The second kappa shape index (κ2) is 11.9. The van der Waals surface area contributed by atoms with Crippen LogP contribution in [0, 0.1) is 0 Å². The highest BCUT2D eigenvalue weighted by atomic mass is 16.5. The number of H-pyrrole nitrogens is 1. The predicted molar refractivity (Wildman–Crippen MR) is 136 cm³/mol. The highest BCUT2D eigenvalue weighted by Gasteiger charge is 2.29. The van der Waals surface area contributed by atoms with Crippen LogP contribution in [0.15, 0.2) is 42.5 Å². The number of carboxylic acid groups (broad SMARTS) is 2. The second-order valence-corrected chi connectivity index (χ2v) is 9.29. The van der Waals surface area contributed by atoms with Crippen LogP contribution in [-0.4, -0.2) is 79.0 Å². The molecule has 2 aliphatic rings. The summed E-state index contributed by atoms with van der Waals surface area (Å²) in [6, 6.07) is 13.2. The maximum atomic E-state index is 12.8. The number of imidazole rings is 1. The lowest BCUT2D eigenvalue weighted by Crippen LogP contribution is -2.39. The summed E-state index contributed by atoms with van der Waals surface area (Å²) < 4.78 is 5.35. The van der Waals surface area contributed by atoms with E-state index in [1.807, 2.05) is 24.3 Å². The van der Waals surface area contributed by atoms with Crippen LogP contribution in [0.5, 0.6) is 5.75 Å². The molecule has 1 aromatic heterocycles. The minimum atomic E-state index is -2.27. The third kappa shape index (κ3) is 6.69. The summed E-state index contributed by atoms with van der Waals surface area (Å²) in [7, 11) is 0. The first-order valence-corrected chi connectivity index (χ1v) is 12.3. The molecular weight excluding hydrogens is 512 g/mol. The topological polar surface area (TPSA) is 211 Å². The van der Waals surface area contributed by atoms with Crippen LogP contribution in [-0.2, 0) is 14.4 Å². The molecule has 13 heteroatoms. The zero-order chi connectivity index (χ0) is 28.1. The molecule has 2 heterocycles. The molecule has 0 bridgehead atoms. The number of ether oxygens (including phenoxy) is 1. The number of nitrogens with one attached hydrogen (secondary N) is 3. The Bertz CT molecular complexity index is 1340. The van der Waals surface area contributed by atoms with Crippen molar-refractivity contribution < 1.29 is 44.3 Å². The molecule has 2 aromatic carbocycles. The number of aliphatic hydroxyl groups excluding tert-OH is 2. The molecule has 0 radical (unpaired) electrons. The Morgan fingerprint density at radius 3 is 2.44 bits per heavy atom. The van der Waals surface area contributed by atoms with E-state index < -0.39 is 24.1 Å². The van der Waals surface area contributed by atoms with Crippen molar-refractivity contribution >= 4 is 40.5 Å². The number of aliphatic hydroxyl groups is 2. The van der Waals surface area contributed by atoms with E-state index in [1.165, 1.54) is 0 Å². The van der Waals surface area contributed by atoms with Crippen LogP contribution in [0.25, 0.3) is 11.0 Å². The third-order valence-corrected chi connectivity index (χ3v) is 6.48. The number of fused-ring (bicyclic) bond motifs is 2. The van der Waals surface area contributed by atoms with Crippen LogP contribution < -0.4 is 15.4 Å². The van der Waals surface area contributed by atoms with Gasteiger partial charge in [0.05, 0.1) is 16.7 Å². The van der Waals surface area contributed by atoms with E-state index >= 15 is 0 Å². The van der Waals surface area contributed by atoms with Gasteiger partial charge < -0.3 is 40.8 Å². The number of hydrogen-bond donors (Lipinski definition) is 7. The van der Waals surface area contributed by atoms with Gasteiger partial charge in [-0.1, -0.05) is 18.6 Å². The van der Waals surface area contributed by atoms with Crippen LogP contribution in [0.4, 0.5) is 5.69 Å². The molecule has 7 N–H and O–H groups in total. The maximum Gasteiger partial charge on any atom is 0.335 e. The molecule has 4 atom stereocenters. The van der Waals surface area contributed by atoms with E-state index in [4.69, 9.17) is 30.1 Å². The standard InChI is InChI=1S/C22H22N4O3.C4H6O6/c27-20-12-29-19-9-8-14(11-18(19)24-20)22(28)23-15-5-3-4-13(10-15)21-25-16-6-1-2-7-17(16)26-21;5-1(3(7)8)2(6)4(9)10/h1-2,6-9,11,13,15H,3-5,10,12H2,(H,23,28)(H,24,27)(H,25,26);1-2,5-6H,(H,7,8)(H,9,10)/t13?,15-;/m1./s1. The number of benzene rings is 2. The molecule has 1 aliphatic carbocycles. The normalized spacial score (nSPS) is 19.8. The lowest BCUT2D eigenvalue weighted by atomic mass is 9.85. The largest absolute Gasteiger partial charge is 0.482 e. The molecule has 1 aliphatic heterocycles. The summed E-state index contributed by atoms with van der Waals surface area (Å²) in [5.41, 5.74) is 3.08. The van der Waals surface area contributed by atoms with E-state index in [0.717, 1.165) is 42.5 Å². The number of hydrogen-bond acceptors (Lipinski definition) is 8. The Balaban J connectivity index is 0.000000303. The molecular formula is C26H28N4O9. The minimum Gasteiger partial charge on any atom is -0.482 e. The number of nitrogens with zero attached hydrogens (tertiary/aromatic N) is 1. The van der Waals surface area contributed by atoms with E-state index in [0.29, 0.717) is 22.9 Å². The summed E-state index contributed by atoms with van der Waals surface area (Å²) >= 11 is 0. The summed E-state index contributed by atoms with van der Waals surface area (Å²) in [5.74, 6) is -2.00. The molecule has 2 amide bonds. The molecule has 5 rings (SSSR count). The molecule has 39 heavy (non-hydrogen) atoms. The van der Waals surface area contributed by atoms with Crippen LogP contribution >= 0.6 is 0 Å². The van der Waals surface area contributed by atoms with Gasteiger partial charge in [0.25, 0.3) is 11.8 Å². The number of carboxylic acids is 2. The van der Waals surface area contributed by atoms with Gasteiger partial charge in [-0.05, 0) is 49.6 Å². The number of aromatic amines is 1. The molecule has 3 aromatic rings. The smallest absolute Gasteiger partial charge is 0.335 e. The van der Waals surface area contributed by atoms with Gasteiger partial charge in [0.15, 0.2) is 18.8 Å². The Morgan fingerprint density at radius 1 is 1.03 bits per heavy atom.